The summed E-state index contributed by atoms with van der Waals surface area (Å²) in [5, 5.41) is 1.12. The monoisotopic (exact) mass is 473 g/mol. The minimum absolute atomic E-state index is 0.0313. The first-order chi connectivity index (χ1) is 17.2. The number of nitrogens with zero attached hydrogens (tertiary/aromatic N) is 4. The first-order valence-electron chi connectivity index (χ1n) is 12.3. The maximum atomic E-state index is 12.1. The second kappa shape index (κ2) is 10.9. The van der Waals surface area contributed by atoms with Crippen molar-refractivity contribution in [3.8, 4) is 11.3 Å². The number of unbranched alkanes of at least 4 members (excludes halogenated alkanes) is 2. The summed E-state index contributed by atoms with van der Waals surface area (Å²) in [7, 11) is 0. The summed E-state index contributed by atoms with van der Waals surface area (Å²) >= 11 is 0. The van der Waals surface area contributed by atoms with Crippen LogP contribution in [0.15, 0.2) is 53.4 Å². The number of carbonyl (C=O) groups is 1. The van der Waals surface area contributed by atoms with Crippen molar-refractivity contribution in [1.29, 1.82) is 0 Å². The van der Waals surface area contributed by atoms with Crippen molar-refractivity contribution < 1.29 is 13.9 Å². The molecule has 1 saturated heterocycles. The number of aryl methyl sites for hydroxylation is 1. The predicted octanol–water partition coefficient (Wildman–Crippen LogP) is 5.13. The number of benzene rings is 1. The Morgan fingerprint density at radius 2 is 2.00 bits per heavy atom. The summed E-state index contributed by atoms with van der Waals surface area (Å²) in [5.41, 5.74) is 4.13. The molecule has 5 rings (SSSR count). The van der Waals surface area contributed by atoms with E-state index in [0.717, 1.165) is 85.7 Å². The van der Waals surface area contributed by atoms with Crippen molar-refractivity contribution >= 4 is 16.7 Å². The van der Waals surface area contributed by atoms with Crippen LogP contribution in [0.4, 0.5) is 0 Å². The fourth-order valence-electron chi connectivity index (χ4n) is 4.70. The third kappa shape index (κ3) is 5.66. The topological polar surface area (TPSA) is 97.1 Å². The zero-order valence-corrected chi connectivity index (χ0v) is 20.1. The third-order valence-corrected chi connectivity index (χ3v) is 6.59. The van der Waals surface area contributed by atoms with Crippen LogP contribution < -0.4 is 0 Å². The molecule has 0 saturated carbocycles. The fraction of sp³-hybridized carbons (Fsp3) is 0.407. The molecule has 0 bridgehead atoms. The van der Waals surface area contributed by atoms with E-state index in [-0.39, 0.29) is 17.7 Å². The van der Waals surface area contributed by atoms with Gasteiger partial charge in [0.05, 0.1) is 42.9 Å². The molecular weight excluding hydrogens is 442 g/mol. The van der Waals surface area contributed by atoms with Crippen LogP contribution in [-0.4, -0.2) is 56.9 Å². The first kappa shape index (κ1) is 23.4. The van der Waals surface area contributed by atoms with Gasteiger partial charge in [0.2, 0.25) is 5.78 Å². The van der Waals surface area contributed by atoms with Gasteiger partial charge in [0, 0.05) is 36.2 Å². The van der Waals surface area contributed by atoms with Gasteiger partial charge in [-0.3, -0.25) is 14.7 Å². The molecule has 1 fully saturated rings. The number of H-pyrrole nitrogens is 1. The van der Waals surface area contributed by atoms with Crippen molar-refractivity contribution in [2.45, 2.75) is 45.1 Å². The van der Waals surface area contributed by atoms with Crippen LogP contribution in [0.5, 0.6) is 0 Å². The molecule has 0 amide bonds. The Hall–Kier alpha value is -3.36. The van der Waals surface area contributed by atoms with Crippen LogP contribution in [-0.2, 0) is 4.74 Å². The van der Waals surface area contributed by atoms with Gasteiger partial charge in [0.1, 0.15) is 12.1 Å². The molecule has 182 valence electrons. The Labute approximate surface area is 204 Å². The smallest absolute Gasteiger partial charge is 0.263 e. The molecule has 1 aliphatic rings. The molecule has 0 spiro atoms. The maximum Gasteiger partial charge on any atom is 0.263 e. The Morgan fingerprint density at radius 1 is 1.11 bits per heavy atom. The van der Waals surface area contributed by atoms with Crippen molar-refractivity contribution in [2.24, 2.45) is 0 Å². The number of fused-ring (bicyclic) bond motifs is 1. The van der Waals surface area contributed by atoms with Crippen LogP contribution in [0, 0.1) is 6.92 Å². The molecule has 3 aromatic heterocycles. The molecule has 35 heavy (non-hydrogen) atoms. The van der Waals surface area contributed by atoms with E-state index in [1.807, 2.05) is 19.2 Å². The zero-order chi connectivity index (χ0) is 24.0. The molecule has 8 nitrogen and oxygen atoms in total. The number of hydrogen-bond acceptors (Lipinski definition) is 7. The molecule has 1 aromatic carbocycles. The molecule has 1 N–H and O–H groups in total. The number of oxazole rings is 1. The molecule has 1 atom stereocenters. The number of imidazole rings is 1. The van der Waals surface area contributed by atoms with E-state index in [9.17, 15) is 4.79 Å². The van der Waals surface area contributed by atoms with Gasteiger partial charge >= 0.3 is 0 Å². The van der Waals surface area contributed by atoms with Crippen molar-refractivity contribution in [2.75, 3.05) is 26.3 Å². The Kier molecular flexibility index (Phi) is 7.30. The molecule has 0 aliphatic carbocycles. The highest BCUT2D eigenvalue weighted by Gasteiger charge is 2.25. The van der Waals surface area contributed by atoms with Gasteiger partial charge in [0.15, 0.2) is 0 Å². The van der Waals surface area contributed by atoms with Crippen LogP contribution >= 0.6 is 0 Å². The number of hydrogen-bond donors (Lipinski definition) is 1. The SMILES string of the molecule is Cc1ccc2cc(-c3cnc([C@H](CCCCCC(=O)c4ncco4)N4CCOCC4)[nH]3)ccc2n1. The average molecular weight is 474 g/mol. The number of aromatic nitrogens is 4. The van der Waals surface area contributed by atoms with E-state index < -0.39 is 0 Å². The van der Waals surface area contributed by atoms with Gasteiger partial charge in [-0.05, 0) is 38.0 Å². The zero-order valence-electron chi connectivity index (χ0n) is 20.1. The standard InChI is InChI=1S/C27H31N5O3/c1-19-7-8-20-17-21(9-10-22(20)30-19)23-18-29-26(31-23)24(32-12-15-34-16-13-32)5-3-2-4-6-25(33)27-28-11-14-35-27/h7-11,14,17-18,24H,2-6,12-13,15-16H2,1H3,(H,29,31)/t24-/m0/s1. The predicted molar refractivity (Wildman–Crippen MR) is 133 cm³/mol. The minimum Gasteiger partial charge on any atom is -0.442 e. The van der Waals surface area contributed by atoms with Crippen molar-refractivity contribution in [3.63, 3.8) is 0 Å². The number of pyridine rings is 1. The summed E-state index contributed by atoms with van der Waals surface area (Å²) in [6, 6.07) is 10.7. The van der Waals surface area contributed by atoms with Gasteiger partial charge in [-0.1, -0.05) is 25.0 Å². The fourth-order valence-corrected chi connectivity index (χ4v) is 4.70. The number of ketones is 1. The molecule has 4 aromatic rings. The highest BCUT2D eigenvalue weighted by Crippen LogP contribution is 2.29. The summed E-state index contributed by atoms with van der Waals surface area (Å²) in [6.07, 6.45) is 9.12. The van der Waals surface area contributed by atoms with E-state index >= 15 is 0 Å². The molecule has 0 unspecified atom stereocenters. The lowest BCUT2D eigenvalue weighted by Gasteiger charge is -2.33. The van der Waals surface area contributed by atoms with E-state index in [1.54, 1.807) is 0 Å². The highest BCUT2D eigenvalue weighted by atomic mass is 16.5. The maximum absolute atomic E-state index is 12.1. The largest absolute Gasteiger partial charge is 0.442 e. The molecule has 4 heterocycles. The molecule has 1 aliphatic heterocycles. The van der Waals surface area contributed by atoms with Gasteiger partial charge in [-0.25, -0.2) is 9.97 Å². The molecular formula is C27H31N5O3. The highest BCUT2D eigenvalue weighted by molar-refractivity contribution is 5.91. The Balaban J connectivity index is 1.25. The van der Waals surface area contributed by atoms with Crippen LogP contribution in [0.2, 0.25) is 0 Å². The number of ether oxygens (including phenoxy) is 1. The second-order valence-corrected chi connectivity index (χ2v) is 9.07. The number of Topliss-reactive ketones (excluding diaryl/α,β-unsaturated/α-hetero) is 1. The average Bonchev–Trinajstić information content (AvgIpc) is 3.59. The summed E-state index contributed by atoms with van der Waals surface area (Å²) < 4.78 is 10.7. The third-order valence-electron chi connectivity index (χ3n) is 6.59. The number of morpholine rings is 1. The van der Waals surface area contributed by atoms with Gasteiger partial charge in [-0.2, -0.15) is 0 Å². The Bertz CT molecular complexity index is 1260. The van der Waals surface area contributed by atoms with E-state index in [4.69, 9.17) is 14.1 Å². The van der Waals surface area contributed by atoms with Crippen LogP contribution in [0.3, 0.4) is 0 Å². The van der Waals surface area contributed by atoms with Gasteiger partial charge in [-0.15, -0.1) is 0 Å². The molecule has 0 radical (unpaired) electrons. The number of carbonyl (C=O) groups excluding carboxylic acids is 1. The van der Waals surface area contributed by atoms with Crippen molar-refractivity contribution in [1.82, 2.24) is 24.8 Å². The van der Waals surface area contributed by atoms with Gasteiger partial charge in [0.25, 0.3) is 5.89 Å². The lowest BCUT2D eigenvalue weighted by atomic mass is 10.0. The Morgan fingerprint density at radius 3 is 2.83 bits per heavy atom. The number of rotatable bonds is 10. The lowest BCUT2D eigenvalue weighted by Crippen LogP contribution is -2.39. The minimum atomic E-state index is -0.0313. The normalized spacial score (nSPS) is 15.5. The number of aromatic amines is 1. The van der Waals surface area contributed by atoms with Crippen molar-refractivity contribution in [3.05, 3.63) is 66.4 Å². The summed E-state index contributed by atoms with van der Waals surface area (Å²) in [5.74, 6) is 1.16. The molecule has 8 heteroatoms. The lowest BCUT2D eigenvalue weighted by molar-refractivity contribution is 0.0119. The van der Waals surface area contributed by atoms with Gasteiger partial charge < -0.3 is 14.1 Å². The summed E-state index contributed by atoms with van der Waals surface area (Å²) in [6.45, 7) is 5.28. The van der Waals surface area contributed by atoms with E-state index in [0.29, 0.717) is 6.42 Å². The van der Waals surface area contributed by atoms with Crippen LogP contribution in [0.25, 0.3) is 22.2 Å². The quantitative estimate of drug-likeness (QED) is 0.252. The number of nitrogens with one attached hydrogen (secondary N) is 1. The first-order valence-corrected chi connectivity index (χ1v) is 12.3. The second-order valence-electron chi connectivity index (χ2n) is 9.07. The van der Waals surface area contributed by atoms with E-state index in [1.165, 1.54) is 12.5 Å². The van der Waals surface area contributed by atoms with Crippen LogP contribution in [0.1, 0.15) is 60.3 Å². The summed E-state index contributed by atoms with van der Waals surface area (Å²) in [4.78, 5) is 31.5. The van der Waals surface area contributed by atoms with E-state index in [2.05, 4.69) is 44.1 Å².